The van der Waals surface area contributed by atoms with Crippen molar-refractivity contribution >= 4 is 23.8 Å². The average molecular weight is 369 g/mol. The molecule has 5 heteroatoms. The van der Waals surface area contributed by atoms with Crippen molar-refractivity contribution in [3.8, 4) is 11.1 Å². The molecule has 4 nitrogen and oxygen atoms in total. The van der Waals surface area contributed by atoms with Crippen molar-refractivity contribution in [3.05, 3.63) is 59.7 Å². The van der Waals surface area contributed by atoms with E-state index in [-0.39, 0.29) is 17.6 Å². The number of carbonyl (C=O) groups is 2. The maximum Gasteiger partial charge on any atom is 0.407 e. The zero-order valence-corrected chi connectivity index (χ0v) is 15.7. The van der Waals surface area contributed by atoms with Crippen molar-refractivity contribution in [2.75, 3.05) is 6.61 Å². The number of benzene rings is 2. The zero-order chi connectivity index (χ0) is 18.5. The topological polar surface area (TPSA) is 55.4 Å². The molecular weight excluding hydrogens is 346 g/mol. The molecule has 0 heterocycles. The van der Waals surface area contributed by atoms with Gasteiger partial charge in [-0.05, 0) is 28.7 Å². The summed E-state index contributed by atoms with van der Waals surface area (Å²) in [6.45, 7) is 2.27. The van der Waals surface area contributed by atoms with Crippen LogP contribution in [0.25, 0.3) is 11.1 Å². The lowest BCUT2D eigenvalue weighted by atomic mass is 9.98. The Morgan fingerprint density at radius 2 is 1.65 bits per heavy atom. The van der Waals surface area contributed by atoms with Gasteiger partial charge in [-0.1, -0.05) is 68.3 Å². The number of hydrogen-bond acceptors (Lipinski definition) is 3. The number of amides is 1. The average Bonchev–Trinajstić information content (AvgIpc) is 2.97. The minimum atomic E-state index is -0.603. The van der Waals surface area contributed by atoms with Crippen LogP contribution in [0.2, 0.25) is 0 Å². The number of hydrogen-bond donors (Lipinski definition) is 2. The second-order valence-corrected chi connectivity index (χ2v) is 6.94. The number of carbonyl (C=O) groups excluding carboxylic acids is 2. The molecule has 0 spiro atoms. The van der Waals surface area contributed by atoms with Crippen LogP contribution < -0.4 is 5.32 Å². The maximum atomic E-state index is 12.2. The van der Waals surface area contributed by atoms with Gasteiger partial charge in [0.2, 0.25) is 5.12 Å². The molecule has 136 valence electrons. The van der Waals surface area contributed by atoms with Crippen LogP contribution in [0.15, 0.2) is 48.5 Å². The largest absolute Gasteiger partial charge is 0.449 e. The second-order valence-electron chi connectivity index (χ2n) is 6.50. The predicted octanol–water partition coefficient (Wildman–Crippen LogP) is 4.54. The quantitative estimate of drug-likeness (QED) is 0.705. The summed E-state index contributed by atoms with van der Waals surface area (Å²) in [6, 6.07) is 15.8. The SMILES string of the molecule is CCCC[C@H](NC(=O)OCC1c2ccccc2-c2ccccc21)C(=O)S. The van der Waals surface area contributed by atoms with Crippen LogP contribution in [0.5, 0.6) is 0 Å². The molecule has 0 saturated heterocycles. The van der Waals surface area contributed by atoms with Crippen molar-refractivity contribution in [2.45, 2.75) is 38.1 Å². The van der Waals surface area contributed by atoms with Gasteiger partial charge in [0.15, 0.2) is 0 Å². The first kappa shape index (κ1) is 18.5. The van der Waals surface area contributed by atoms with E-state index in [1.165, 1.54) is 11.1 Å². The first-order chi connectivity index (χ1) is 12.6. The summed E-state index contributed by atoms with van der Waals surface area (Å²) in [6.07, 6.45) is 1.79. The van der Waals surface area contributed by atoms with Crippen LogP contribution in [0.4, 0.5) is 4.79 Å². The Hall–Kier alpha value is -2.27. The lowest BCUT2D eigenvalue weighted by Crippen LogP contribution is -2.39. The van der Waals surface area contributed by atoms with E-state index >= 15 is 0 Å². The first-order valence-corrected chi connectivity index (χ1v) is 9.40. The van der Waals surface area contributed by atoms with E-state index in [4.69, 9.17) is 4.74 Å². The molecule has 3 rings (SSSR count). The lowest BCUT2D eigenvalue weighted by molar-refractivity contribution is -0.112. The van der Waals surface area contributed by atoms with E-state index < -0.39 is 12.1 Å². The third-order valence-electron chi connectivity index (χ3n) is 4.78. The van der Waals surface area contributed by atoms with E-state index in [2.05, 4.69) is 42.2 Å². The fourth-order valence-electron chi connectivity index (χ4n) is 3.45. The van der Waals surface area contributed by atoms with Gasteiger partial charge in [-0.25, -0.2) is 4.79 Å². The molecule has 0 aromatic heterocycles. The van der Waals surface area contributed by atoms with Gasteiger partial charge in [0.05, 0.1) is 0 Å². The van der Waals surface area contributed by atoms with E-state index in [1.807, 2.05) is 31.2 Å². The number of fused-ring (bicyclic) bond motifs is 3. The molecule has 1 amide bonds. The molecule has 1 atom stereocenters. The van der Waals surface area contributed by atoms with Crippen molar-refractivity contribution in [1.29, 1.82) is 0 Å². The van der Waals surface area contributed by atoms with Gasteiger partial charge in [-0.3, -0.25) is 4.79 Å². The molecule has 0 aliphatic heterocycles. The first-order valence-electron chi connectivity index (χ1n) is 8.96. The summed E-state index contributed by atoms with van der Waals surface area (Å²) < 4.78 is 5.46. The lowest BCUT2D eigenvalue weighted by Gasteiger charge is -2.17. The molecule has 26 heavy (non-hydrogen) atoms. The number of nitrogens with one attached hydrogen (secondary N) is 1. The highest BCUT2D eigenvalue weighted by atomic mass is 32.1. The maximum absolute atomic E-state index is 12.2. The minimum absolute atomic E-state index is 0.00828. The monoisotopic (exact) mass is 369 g/mol. The van der Waals surface area contributed by atoms with Gasteiger partial charge in [0, 0.05) is 5.92 Å². The Morgan fingerprint density at radius 3 is 2.19 bits per heavy atom. The van der Waals surface area contributed by atoms with Crippen LogP contribution in [0, 0.1) is 0 Å². The molecule has 0 radical (unpaired) electrons. The Bertz CT molecular complexity index is 760. The number of unbranched alkanes of at least 4 members (excludes halogenated alkanes) is 1. The molecule has 2 aromatic rings. The highest BCUT2D eigenvalue weighted by Crippen LogP contribution is 2.44. The molecule has 0 bridgehead atoms. The summed E-state index contributed by atoms with van der Waals surface area (Å²) in [5, 5.41) is 2.30. The van der Waals surface area contributed by atoms with Crippen molar-refractivity contribution in [3.63, 3.8) is 0 Å². The smallest absolute Gasteiger partial charge is 0.407 e. The van der Waals surface area contributed by atoms with Gasteiger partial charge in [-0.2, -0.15) is 0 Å². The number of thiol groups is 1. The van der Waals surface area contributed by atoms with Gasteiger partial charge in [0.25, 0.3) is 0 Å². The number of alkyl carbamates (subject to hydrolysis) is 1. The minimum Gasteiger partial charge on any atom is -0.449 e. The van der Waals surface area contributed by atoms with Crippen LogP contribution in [0.1, 0.15) is 43.2 Å². The van der Waals surface area contributed by atoms with Crippen LogP contribution in [0.3, 0.4) is 0 Å². The summed E-state index contributed by atoms with van der Waals surface area (Å²) in [5.74, 6) is 0.00828. The highest BCUT2D eigenvalue weighted by molar-refractivity contribution is 7.96. The van der Waals surface area contributed by atoms with Crippen LogP contribution >= 0.6 is 12.6 Å². The summed E-state index contributed by atoms with van der Waals surface area (Å²) >= 11 is 3.86. The fraction of sp³-hybridized carbons (Fsp3) is 0.333. The normalized spacial score (nSPS) is 13.6. The molecule has 1 N–H and O–H groups in total. The van der Waals surface area contributed by atoms with Gasteiger partial charge >= 0.3 is 6.09 Å². The van der Waals surface area contributed by atoms with Crippen molar-refractivity contribution in [2.24, 2.45) is 0 Å². The van der Waals surface area contributed by atoms with E-state index in [0.717, 1.165) is 24.0 Å². The molecule has 1 aliphatic rings. The third kappa shape index (κ3) is 3.93. The Balaban J connectivity index is 1.68. The fourth-order valence-corrected chi connectivity index (χ4v) is 3.64. The zero-order valence-electron chi connectivity index (χ0n) is 14.8. The highest BCUT2D eigenvalue weighted by Gasteiger charge is 2.29. The number of ether oxygens (including phenoxy) is 1. The van der Waals surface area contributed by atoms with Gasteiger partial charge in [0.1, 0.15) is 12.6 Å². The van der Waals surface area contributed by atoms with Crippen molar-refractivity contribution < 1.29 is 14.3 Å². The van der Waals surface area contributed by atoms with Crippen molar-refractivity contribution in [1.82, 2.24) is 5.32 Å². The van der Waals surface area contributed by atoms with Gasteiger partial charge in [-0.15, -0.1) is 12.6 Å². The second kappa shape index (κ2) is 8.41. The molecule has 0 saturated carbocycles. The Morgan fingerprint density at radius 1 is 1.08 bits per heavy atom. The molecule has 0 unspecified atom stereocenters. The standard InChI is InChI=1S/C21H23NO3S/c1-2-3-12-19(20(23)26)22-21(24)25-13-18-16-10-6-4-8-14(16)15-9-5-7-11-17(15)18/h4-11,18-19H,2-3,12-13H2,1H3,(H,22,24)(H,23,26)/t19-/m0/s1. The Kier molecular flexibility index (Phi) is 5.99. The predicted molar refractivity (Wildman–Crippen MR) is 106 cm³/mol. The summed E-state index contributed by atoms with van der Waals surface area (Å²) in [5.41, 5.74) is 4.69. The van der Waals surface area contributed by atoms with E-state index in [1.54, 1.807) is 0 Å². The third-order valence-corrected chi connectivity index (χ3v) is 5.09. The van der Waals surface area contributed by atoms with Gasteiger partial charge < -0.3 is 10.1 Å². The summed E-state index contributed by atoms with van der Waals surface area (Å²) in [7, 11) is 0. The molecular formula is C21H23NO3S. The Labute approximate surface area is 159 Å². The van der Waals surface area contributed by atoms with E-state index in [0.29, 0.717) is 6.42 Å². The van der Waals surface area contributed by atoms with Crippen LogP contribution in [-0.2, 0) is 9.53 Å². The summed E-state index contributed by atoms with van der Waals surface area (Å²) in [4.78, 5) is 23.7. The van der Waals surface area contributed by atoms with E-state index in [9.17, 15) is 9.59 Å². The molecule has 1 aliphatic carbocycles. The van der Waals surface area contributed by atoms with Crippen LogP contribution in [-0.4, -0.2) is 23.9 Å². The number of rotatable bonds is 7. The molecule has 2 aromatic carbocycles. The molecule has 0 fully saturated rings.